The molecular weight excluding hydrogens is 282 g/mol. The summed E-state index contributed by atoms with van der Waals surface area (Å²) in [5, 5.41) is 14.0. The van der Waals surface area contributed by atoms with Crippen LogP contribution < -0.4 is 5.32 Å². The van der Waals surface area contributed by atoms with Crippen LogP contribution in [0.1, 0.15) is 16.8 Å². The second-order valence-corrected chi connectivity index (χ2v) is 4.74. The zero-order chi connectivity index (χ0) is 13.8. The van der Waals surface area contributed by atoms with Gasteiger partial charge in [0.2, 0.25) is 0 Å². The molecule has 0 aromatic heterocycles. The van der Waals surface area contributed by atoms with Gasteiger partial charge in [0.1, 0.15) is 5.56 Å². The Morgan fingerprint density at radius 2 is 2.20 bits per heavy atom. The molecule has 1 N–H and O–H groups in total. The van der Waals surface area contributed by atoms with Crippen LogP contribution in [-0.4, -0.2) is 42.4 Å². The van der Waals surface area contributed by atoms with E-state index in [1.54, 1.807) is 17.0 Å². The molecule has 0 radical (unpaired) electrons. The van der Waals surface area contributed by atoms with Crippen molar-refractivity contribution in [1.29, 1.82) is 0 Å². The van der Waals surface area contributed by atoms with Gasteiger partial charge in [0.15, 0.2) is 0 Å². The molecule has 1 unspecified atom stereocenters. The number of carbonyl (C=O) groups is 1. The molecule has 110 valence electrons. The minimum atomic E-state index is -0.506. The van der Waals surface area contributed by atoms with Gasteiger partial charge in [-0.2, -0.15) is 0 Å². The van der Waals surface area contributed by atoms with E-state index in [4.69, 9.17) is 0 Å². The number of nitro benzene ring substituents is 1. The maximum Gasteiger partial charge on any atom is 0.282 e. The van der Waals surface area contributed by atoms with Crippen LogP contribution in [0.25, 0.3) is 0 Å². The lowest BCUT2D eigenvalue weighted by Crippen LogP contribution is -2.30. The molecule has 1 aromatic rings. The third kappa shape index (κ3) is 3.46. The Labute approximate surface area is 123 Å². The second-order valence-electron chi connectivity index (χ2n) is 4.74. The van der Waals surface area contributed by atoms with Gasteiger partial charge in [-0.15, -0.1) is 12.4 Å². The third-order valence-electron chi connectivity index (χ3n) is 3.40. The van der Waals surface area contributed by atoms with Crippen LogP contribution in [0.2, 0.25) is 0 Å². The SMILES string of the molecule is CNCC1CCN(C(=O)c2ccccc2[N+](=O)[O-])C1.Cl. The van der Waals surface area contributed by atoms with Crippen LogP contribution in [-0.2, 0) is 0 Å². The zero-order valence-electron chi connectivity index (χ0n) is 11.2. The molecule has 1 aliphatic heterocycles. The number of hydrogen-bond acceptors (Lipinski definition) is 4. The molecule has 6 nitrogen and oxygen atoms in total. The Bertz CT molecular complexity index is 496. The van der Waals surface area contributed by atoms with Gasteiger partial charge in [-0.05, 0) is 32.0 Å². The van der Waals surface area contributed by atoms with Gasteiger partial charge in [0.05, 0.1) is 4.92 Å². The molecule has 1 atom stereocenters. The third-order valence-corrected chi connectivity index (χ3v) is 3.40. The Morgan fingerprint density at radius 3 is 2.85 bits per heavy atom. The standard InChI is InChI=1S/C13H17N3O3.ClH/c1-14-8-10-6-7-15(9-10)13(17)11-4-2-3-5-12(11)16(18)19;/h2-5,10,14H,6-9H2,1H3;1H. The summed E-state index contributed by atoms with van der Waals surface area (Å²) in [5.74, 6) is 0.183. The number of hydrogen-bond donors (Lipinski definition) is 1. The number of nitrogens with zero attached hydrogens (tertiary/aromatic N) is 2. The van der Waals surface area contributed by atoms with E-state index in [2.05, 4.69) is 5.32 Å². The quantitative estimate of drug-likeness (QED) is 0.678. The highest BCUT2D eigenvalue weighted by Gasteiger charge is 2.29. The summed E-state index contributed by atoms with van der Waals surface area (Å²) in [6.45, 7) is 2.18. The molecule has 7 heteroatoms. The van der Waals surface area contributed by atoms with Gasteiger partial charge in [-0.25, -0.2) is 0 Å². The maximum atomic E-state index is 12.3. The molecule has 0 saturated carbocycles. The smallest absolute Gasteiger partial charge is 0.282 e. The van der Waals surface area contributed by atoms with Crippen LogP contribution in [0.15, 0.2) is 24.3 Å². The van der Waals surface area contributed by atoms with Crippen LogP contribution in [0.4, 0.5) is 5.69 Å². The van der Waals surface area contributed by atoms with Gasteiger partial charge >= 0.3 is 0 Å². The van der Waals surface area contributed by atoms with Crippen LogP contribution in [0, 0.1) is 16.0 Å². The molecule has 1 aromatic carbocycles. The predicted molar refractivity (Wildman–Crippen MR) is 78.3 cm³/mol. The van der Waals surface area contributed by atoms with Gasteiger partial charge < -0.3 is 10.2 Å². The molecule has 1 aliphatic rings. The molecule has 0 bridgehead atoms. The summed E-state index contributed by atoms with van der Waals surface area (Å²) in [7, 11) is 1.88. The average molecular weight is 300 g/mol. The average Bonchev–Trinajstić information content (AvgIpc) is 2.87. The summed E-state index contributed by atoms with van der Waals surface area (Å²) in [6, 6.07) is 6.12. The summed E-state index contributed by atoms with van der Waals surface area (Å²) in [6.07, 6.45) is 0.938. The molecule has 0 spiro atoms. The van der Waals surface area contributed by atoms with Crippen molar-refractivity contribution in [1.82, 2.24) is 10.2 Å². The van der Waals surface area contributed by atoms with E-state index < -0.39 is 4.92 Å². The van der Waals surface area contributed by atoms with E-state index in [-0.39, 0.29) is 29.6 Å². The number of nitrogens with one attached hydrogen (secondary N) is 1. The monoisotopic (exact) mass is 299 g/mol. The van der Waals surface area contributed by atoms with Crippen molar-refractivity contribution in [3.8, 4) is 0 Å². The first-order valence-corrected chi connectivity index (χ1v) is 6.30. The topological polar surface area (TPSA) is 75.5 Å². The van der Waals surface area contributed by atoms with Crippen molar-refractivity contribution in [3.63, 3.8) is 0 Å². The molecule has 1 fully saturated rings. The number of likely N-dealkylation sites (tertiary alicyclic amines) is 1. The van der Waals surface area contributed by atoms with E-state index in [0.717, 1.165) is 13.0 Å². The normalized spacial score (nSPS) is 17.6. The summed E-state index contributed by atoms with van der Waals surface area (Å²) >= 11 is 0. The fourth-order valence-corrected chi connectivity index (χ4v) is 2.46. The first kappa shape index (κ1) is 16.4. The minimum absolute atomic E-state index is 0. The lowest BCUT2D eigenvalue weighted by atomic mass is 10.1. The summed E-state index contributed by atoms with van der Waals surface area (Å²) in [4.78, 5) is 24.4. The lowest BCUT2D eigenvalue weighted by Gasteiger charge is -2.16. The van der Waals surface area contributed by atoms with Crippen molar-refractivity contribution >= 4 is 24.0 Å². The molecule has 0 aliphatic carbocycles. The number of halogens is 1. The Kier molecular flexibility index (Phi) is 5.91. The van der Waals surface area contributed by atoms with E-state index in [1.807, 2.05) is 7.05 Å². The molecule has 1 saturated heterocycles. The number of benzene rings is 1. The molecule has 2 rings (SSSR count). The van der Waals surface area contributed by atoms with Crippen LogP contribution >= 0.6 is 12.4 Å². The molecule has 1 heterocycles. The van der Waals surface area contributed by atoms with Crippen LogP contribution in [0.3, 0.4) is 0 Å². The Morgan fingerprint density at radius 1 is 1.50 bits per heavy atom. The number of rotatable bonds is 4. The number of nitro groups is 1. The summed E-state index contributed by atoms with van der Waals surface area (Å²) in [5.41, 5.74) is 0.0576. The van der Waals surface area contributed by atoms with E-state index in [1.165, 1.54) is 12.1 Å². The van der Waals surface area contributed by atoms with Gasteiger partial charge in [-0.1, -0.05) is 12.1 Å². The van der Waals surface area contributed by atoms with Crippen LogP contribution in [0.5, 0.6) is 0 Å². The largest absolute Gasteiger partial charge is 0.338 e. The number of para-hydroxylation sites is 1. The predicted octanol–water partition coefficient (Wildman–Crippen LogP) is 1.70. The van der Waals surface area contributed by atoms with E-state index >= 15 is 0 Å². The Hall–Kier alpha value is -1.66. The van der Waals surface area contributed by atoms with Crippen molar-refractivity contribution < 1.29 is 9.72 Å². The van der Waals surface area contributed by atoms with Gasteiger partial charge in [0, 0.05) is 19.2 Å². The van der Waals surface area contributed by atoms with Crippen molar-refractivity contribution in [2.24, 2.45) is 5.92 Å². The fourth-order valence-electron chi connectivity index (χ4n) is 2.46. The molecule has 20 heavy (non-hydrogen) atoms. The zero-order valence-corrected chi connectivity index (χ0v) is 12.1. The van der Waals surface area contributed by atoms with Crippen molar-refractivity contribution in [2.75, 3.05) is 26.7 Å². The van der Waals surface area contributed by atoms with Gasteiger partial charge in [-0.3, -0.25) is 14.9 Å². The van der Waals surface area contributed by atoms with Crippen molar-refractivity contribution in [3.05, 3.63) is 39.9 Å². The highest BCUT2D eigenvalue weighted by atomic mass is 35.5. The first-order chi connectivity index (χ1) is 9.13. The van der Waals surface area contributed by atoms with Crippen molar-refractivity contribution in [2.45, 2.75) is 6.42 Å². The van der Waals surface area contributed by atoms with E-state index in [0.29, 0.717) is 19.0 Å². The maximum absolute atomic E-state index is 12.3. The number of carbonyl (C=O) groups excluding carboxylic acids is 1. The first-order valence-electron chi connectivity index (χ1n) is 6.30. The fraction of sp³-hybridized carbons (Fsp3) is 0.462. The number of amides is 1. The Balaban J connectivity index is 0.00000200. The minimum Gasteiger partial charge on any atom is -0.338 e. The highest BCUT2D eigenvalue weighted by Crippen LogP contribution is 2.23. The lowest BCUT2D eigenvalue weighted by molar-refractivity contribution is -0.385. The molecular formula is C13H18ClN3O3. The van der Waals surface area contributed by atoms with E-state index in [9.17, 15) is 14.9 Å². The van der Waals surface area contributed by atoms with Gasteiger partial charge in [0.25, 0.3) is 11.6 Å². The molecule has 1 amide bonds. The highest BCUT2D eigenvalue weighted by molar-refractivity contribution is 5.98. The second kappa shape index (κ2) is 7.21. The summed E-state index contributed by atoms with van der Waals surface area (Å²) < 4.78 is 0.